The molecule has 7 heteroatoms. The maximum Gasteiger partial charge on any atom is 0.387 e. The van der Waals surface area contributed by atoms with Crippen LogP contribution in [0, 0.1) is 6.92 Å². The minimum atomic E-state index is -2.95. The average Bonchev–Trinajstić information content (AvgIpc) is 2.62. The number of aromatic nitrogens is 1. The van der Waals surface area contributed by atoms with Crippen LogP contribution in [0.1, 0.15) is 11.1 Å². The molecule has 0 bridgehead atoms. The van der Waals surface area contributed by atoms with Crippen LogP contribution >= 0.6 is 0 Å². The van der Waals surface area contributed by atoms with E-state index in [1.54, 1.807) is 12.1 Å². The average molecular weight is 357 g/mol. The third-order valence-electron chi connectivity index (χ3n) is 3.73. The van der Waals surface area contributed by atoms with Gasteiger partial charge in [0.2, 0.25) is 0 Å². The number of nitrogens with zero attached hydrogens (tertiary/aromatic N) is 1. The van der Waals surface area contributed by atoms with Crippen LogP contribution in [0.25, 0.3) is 10.9 Å². The maximum absolute atomic E-state index is 12.5. The quantitative estimate of drug-likeness (QED) is 0.708. The highest BCUT2D eigenvalue weighted by atomic mass is 19.3. The van der Waals surface area contributed by atoms with Gasteiger partial charge in [-0.05, 0) is 36.8 Å². The second kappa shape index (κ2) is 7.77. The number of pyridine rings is 1. The van der Waals surface area contributed by atoms with Gasteiger partial charge in [-0.1, -0.05) is 29.8 Å². The summed E-state index contributed by atoms with van der Waals surface area (Å²) >= 11 is 0. The van der Waals surface area contributed by atoms with Gasteiger partial charge in [-0.15, -0.1) is 0 Å². The largest absolute Gasteiger partial charge is 0.432 e. The smallest absolute Gasteiger partial charge is 0.387 e. The van der Waals surface area contributed by atoms with Crippen molar-refractivity contribution in [1.29, 1.82) is 0 Å². The molecule has 1 aromatic heterocycles. The fourth-order valence-electron chi connectivity index (χ4n) is 2.62. The van der Waals surface area contributed by atoms with Crippen LogP contribution in [0.2, 0.25) is 0 Å². The van der Waals surface area contributed by atoms with E-state index in [0.29, 0.717) is 17.6 Å². The van der Waals surface area contributed by atoms with Crippen molar-refractivity contribution >= 4 is 22.6 Å². The van der Waals surface area contributed by atoms with E-state index >= 15 is 0 Å². The summed E-state index contributed by atoms with van der Waals surface area (Å²) in [7, 11) is 0. The lowest BCUT2D eigenvalue weighted by Crippen LogP contribution is -2.28. The van der Waals surface area contributed by atoms with E-state index < -0.39 is 12.6 Å². The fourth-order valence-corrected chi connectivity index (χ4v) is 2.62. The van der Waals surface area contributed by atoms with Crippen LogP contribution in [0.5, 0.6) is 5.75 Å². The molecule has 2 amide bonds. The highest BCUT2D eigenvalue weighted by molar-refractivity contribution is 6.02. The SMILES string of the molecule is Cc1cccc(CNC(=O)Nc2ccc(OC(F)F)c3ncccc23)c1. The Morgan fingerprint density at radius 1 is 1.19 bits per heavy atom. The van der Waals surface area contributed by atoms with Crippen molar-refractivity contribution in [2.45, 2.75) is 20.1 Å². The summed E-state index contributed by atoms with van der Waals surface area (Å²) in [6, 6.07) is 13.6. The van der Waals surface area contributed by atoms with Gasteiger partial charge in [0.1, 0.15) is 5.52 Å². The van der Waals surface area contributed by atoms with Gasteiger partial charge in [0.25, 0.3) is 0 Å². The van der Waals surface area contributed by atoms with E-state index in [1.165, 1.54) is 18.3 Å². The maximum atomic E-state index is 12.5. The van der Waals surface area contributed by atoms with Gasteiger partial charge in [-0.3, -0.25) is 4.98 Å². The number of rotatable bonds is 5. The molecule has 0 aliphatic rings. The topological polar surface area (TPSA) is 63.2 Å². The second-order valence-corrected chi connectivity index (χ2v) is 5.69. The van der Waals surface area contributed by atoms with Crippen LogP contribution in [0.4, 0.5) is 19.3 Å². The summed E-state index contributed by atoms with van der Waals surface area (Å²) in [5.74, 6) is -0.0404. The first-order valence-corrected chi connectivity index (χ1v) is 7.96. The number of carbonyl (C=O) groups excluding carboxylic acids is 1. The Morgan fingerprint density at radius 3 is 2.81 bits per heavy atom. The van der Waals surface area contributed by atoms with Gasteiger partial charge in [-0.2, -0.15) is 8.78 Å². The number of benzene rings is 2. The zero-order valence-electron chi connectivity index (χ0n) is 14.0. The van der Waals surface area contributed by atoms with Crippen LogP contribution < -0.4 is 15.4 Å². The van der Waals surface area contributed by atoms with E-state index in [0.717, 1.165) is 11.1 Å². The van der Waals surface area contributed by atoms with Crippen LogP contribution in [-0.2, 0) is 6.54 Å². The first-order valence-electron chi connectivity index (χ1n) is 7.96. The van der Waals surface area contributed by atoms with Crippen molar-refractivity contribution in [3.05, 3.63) is 65.9 Å². The Balaban J connectivity index is 1.75. The summed E-state index contributed by atoms with van der Waals surface area (Å²) in [4.78, 5) is 16.3. The van der Waals surface area contributed by atoms with E-state index in [1.807, 2.05) is 31.2 Å². The summed E-state index contributed by atoms with van der Waals surface area (Å²) in [5.41, 5.74) is 2.80. The van der Waals surface area contributed by atoms with E-state index in [4.69, 9.17) is 0 Å². The number of amides is 2. The molecular weight excluding hydrogens is 340 g/mol. The Bertz CT molecular complexity index is 932. The molecule has 0 aliphatic heterocycles. The summed E-state index contributed by atoms with van der Waals surface area (Å²) in [5, 5.41) is 5.99. The van der Waals surface area contributed by atoms with Gasteiger partial charge in [0, 0.05) is 18.1 Å². The minimum absolute atomic E-state index is 0.0404. The third kappa shape index (κ3) is 4.24. The molecule has 0 atom stereocenters. The number of aryl methyl sites for hydroxylation is 1. The number of halogens is 2. The Labute approximate surface area is 149 Å². The molecule has 3 rings (SSSR count). The zero-order valence-corrected chi connectivity index (χ0v) is 14.0. The monoisotopic (exact) mass is 357 g/mol. The highest BCUT2D eigenvalue weighted by Gasteiger charge is 2.13. The number of hydrogen-bond donors (Lipinski definition) is 2. The van der Waals surface area contributed by atoms with E-state index in [9.17, 15) is 13.6 Å². The van der Waals surface area contributed by atoms with Gasteiger partial charge < -0.3 is 15.4 Å². The molecule has 134 valence electrons. The van der Waals surface area contributed by atoms with Gasteiger partial charge >= 0.3 is 12.6 Å². The van der Waals surface area contributed by atoms with Gasteiger partial charge in [0.15, 0.2) is 5.75 Å². The normalized spacial score (nSPS) is 10.8. The van der Waals surface area contributed by atoms with E-state index in [2.05, 4.69) is 20.4 Å². The first kappa shape index (κ1) is 17.6. The summed E-state index contributed by atoms with van der Waals surface area (Å²) in [6.07, 6.45) is 1.47. The van der Waals surface area contributed by atoms with Crippen molar-refractivity contribution in [2.24, 2.45) is 0 Å². The molecule has 0 fully saturated rings. The van der Waals surface area contributed by atoms with Crippen molar-refractivity contribution in [3.63, 3.8) is 0 Å². The molecule has 0 aliphatic carbocycles. The predicted molar refractivity (Wildman–Crippen MR) is 95.4 cm³/mol. The lowest BCUT2D eigenvalue weighted by molar-refractivity contribution is -0.0489. The number of hydrogen-bond acceptors (Lipinski definition) is 3. The van der Waals surface area contributed by atoms with Crippen molar-refractivity contribution in [3.8, 4) is 5.75 Å². The second-order valence-electron chi connectivity index (χ2n) is 5.69. The molecule has 2 N–H and O–H groups in total. The number of anilines is 1. The van der Waals surface area contributed by atoms with Crippen LogP contribution in [0.15, 0.2) is 54.7 Å². The number of alkyl halides is 2. The van der Waals surface area contributed by atoms with E-state index in [-0.39, 0.29) is 11.3 Å². The van der Waals surface area contributed by atoms with Crippen molar-refractivity contribution in [2.75, 3.05) is 5.32 Å². The third-order valence-corrected chi connectivity index (χ3v) is 3.73. The molecule has 2 aromatic carbocycles. The standard InChI is InChI=1S/C19H17F2N3O2/c1-12-4-2-5-13(10-12)11-23-19(25)24-15-7-8-16(26-18(20)21)17-14(15)6-3-9-22-17/h2-10,18H,11H2,1H3,(H2,23,24,25). The lowest BCUT2D eigenvalue weighted by atomic mass is 10.1. The molecule has 0 saturated heterocycles. The minimum Gasteiger partial charge on any atom is -0.432 e. The molecule has 0 spiro atoms. The predicted octanol–water partition coefficient (Wildman–Crippen LogP) is 4.47. The zero-order chi connectivity index (χ0) is 18.5. The van der Waals surface area contributed by atoms with Crippen LogP contribution in [0.3, 0.4) is 0 Å². The van der Waals surface area contributed by atoms with Crippen LogP contribution in [-0.4, -0.2) is 17.6 Å². The van der Waals surface area contributed by atoms with Crippen molar-refractivity contribution < 1.29 is 18.3 Å². The number of fused-ring (bicyclic) bond motifs is 1. The molecule has 0 saturated carbocycles. The first-order chi connectivity index (χ1) is 12.5. The molecule has 0 unspecified atom stereocenters. The summed E-state index contributed by atoms with van der Waals surface area (Å²) in [6.45, 7) is -0.598. The number of urea groups is 1. The van der Waals surface area contributed by atoms with Crippen molar-refractivity contribution in [1.82, 2.24) is 10.3 Å². The number of ether oxygens (including phenoxy) is 1. The summed E-state index contributed by atoms with van der Waals surface area (Å²) < 4.78 is 29.5. The number of carbonyl (C=O) groups is 1. The Morgan fingerprint density at radius 2 is 2.04 bits per heavy atom. The van der Waals surface area contributed by atoms with Gasteiger partial charge in [0.05, 0.1) is 5.69 Å². The molecule has 26 heavy (non-hydrogen) atoms. The molecule has 1 heterocycles. The highest BCUT2D eigenvalue weighted by Crippen LogP contribution is 2.30. The lowest BCUT2D eigenvalue weighted by Gasteiger charge is -2.13. The number of nitrogens with one attached hydrogen (secondary N) is 2. The fraction of sp³-hybridized carbons (Fsp3) is 0.158. The van der Waals surface area contributed by atoms with Gasteiger partial charge in [-0.25, -0.2) is 4.79 Å². The molecule has 5 nitrogen and oxygen atoms in total. The Hall–Kier alpha value is -3.22. The Kier molecular flexibility index (Phi) is 5.26. The molecular formula is C19H17F2N3O2. The molecule has 3 aromatic rings. The molecule has 0 radical (unpaired) electrons.